The van der Waals surface area contributed by atoms with E-state index in [1.807, 2.05) is 0 Å². The Morgan fingerprint density at radius 3 is 2.31 bits per heavy atom. The van der Waals surface area contributed by atoms with E-state index < -0.39 is 29.4 Å². The van der Waals surface area contributed by atoms with E-state index in [1.165, 1.54) is 19.2 Å². The lowest BCUT2D eigenvalue weighted by molar-refractivity contribution is -0.137. The van der Waals surface area contributed by atoms with Crippen molar-refractivity contribution >= 4 is 34.8 Å². The van der Waals surface area contributed by atoms with Crippen molar-refractivity contribution in [2.24, 2.45) is 10.3 Å². The fourth-order valence-corrected chi connectivity index (χ4v) is 2.62. The molecule has 2 aromatic carbocycles. The van der Waals surface area contributed by atoms with Gasteiger partial charge in [-0.15, -0.1) is 11.6 Å². The zero-order valence-electron chi connectivity index (χ0n) is 17.1. The lowest BCUT2D eigenvalue weighted by Gasteiger charge is -2.11. The maximum absolute atomic E-state index is 12.7. The molecule has 0 saturated carbocycles. The molecule has 0 radical (unpaired) electrons. The van der Waals surface area contributed by atoms with E-state index in [2.05, 4.69) is 15.6 Å². The van der Waals surface area contributed by atoms with Crippen LogP contribution in [0, 0.1) is 0 Å². The molecule has 32 heavy (non-hydrogen) atoms. The number of amides is 2. The Bertz CT molecular complexity index is 1020. The van der Waals surface area contributed by atoms with E-state index in [0.717, 1.165) is 12.1 Å². The number of carbonyl (C=O) groups is 2. The normalized spacial score (nSPS) is 12.3. The van der Waals surface area contributed by atoms with Gasteiger partial charge in [-0.2, -0.15) is 13.2 Å². The summed E-state index contributed by atoms with van der Waals surface area (Å²) in [5.74, 6) is -1.92. The highest BCUT2D eigenvalue weighted by molar-refractivity contribution is 6.48. The van der Waals surface area contributed by atoms with Crippen LogP contribution in [0.2, 0.25) is 0 Å². The first-order valence-corrected chi connectivity index (χ1v) is 9.64. The van der Waals surface area contributed by atoms with Crippen LogP contribution in [0.5, 0.6) is 0 Å². The van der Waals surface area contributed by atoms with Crippen LogP contribution in [0.1, 0.15) is 29.2 Å². The third-order valence-electron chi connectivity index (χ3n) is 4.10. The summed E-state index contributed by atoms with van der Waals surface area (Å²) in [4.78, 5) is 33.9. The van der Waals surface area contributed by atoms with Gasteiger partial charge in [0, 0.05) is 11.1 Å². The van der Waals surface area contributed by atoms with Crippen molar-refractivity contribution < 1.29 is 32.4 Å². The maximum atomic E-state index is 12.7. The number of benzene rings is 2. The lowest BCUT2D eigenvalue weighted by atomic mass is 10.0. The number of imide groups is 1. The second-order valence-corrected chi connectivity index (χ2v) is 6.58. The Balaban J connectivity index is 2.18. The van der Waals surface area contributed by atoms with Crippen molar-refractivity contribution in [3.05, 3.63) is 70.8 Å². The van der Waals surface area contributed by atoms with Gasteiger partial charge in [-0.05, 0) is 24.6 Å². The van der Waals surface area contributed by atoms with E-state index in [9.17, 15) is 22.8 Å². The molecule has 0 spiro atoms. The Hall–Kier alpha value is -3.40. The number of alkyl halides is 4. The van der Waals surface area contributed by atoms with Crippen LogP contribution in [0.3, 0.4) is 0 Å². The molecule has 11 heteroatoms. The number of oxime groups is 2. The van der Waals surface area contributed by atoms with Gasteiger partial charge >= 0.3 is 6.18 Å². The van der Waals surface area contributed by atoms with Crippen molar-refractivity contribution in [1.82, 2.24) is 5.32 Å². The molecule has 0 atom stereocenters. The summed E-state index contributed by atoms with van der Waals surface area (Å²) < 4.78 is 38.1. The molecule has 0 saturated heterocycles. The van der Waals surface area contributed by atoms with Crippen LogP contribution >= 0.6 is 11.6 Å². The molecule has 170 valence electrons. The summed E-state index contributed by atoms with van der Waals surface area (Å²) in [6.45, 7) is 1.49. The number of hydrogen-bond acceptors (Lipinski definition) is 6. The molecule has 0 unspecified atom stereocenters. The first kappa shape index (κ1) is 24.9. The highest BCUT2D eigenvalue weighted by Gasteiger charge is 2.30. The van der Waals surface area contributed by atoms with Crippen LogP contribution in [0.15, 0.2) is 58.8 Å². The molecular weight excluding hydrogens is 451 g/mol. The van der Waals surface area contributed by atoms with Crippen LogP contribution in [-0.4, -0.2) is 36.2 Å². The Labute approximate surface area is 186 Å². The quantitative estimate of drug-likeness (QED) is 0.361. The van der Waals surface area contributed by atoms with Crippen LogP contribution in [0.4, 0.5) is 13.2 Å². The largest absolute Gasteiger partial charge is 0.416 e. The summed E-state index contributed by atoms with van der Waals surface area (Å²) >= 11 is 5.41. The molecule has 0 fully saturated rings. The van der Waals surface area contributed by atoms with Crippen molar-refractivity contribution in [2.75, 3.05) is 13.0 Å². The second-order valence-electron chi connectivity index (χ2n) is 6.32. The Morgan fingerprint density at radius 1 is 1.06 bits per heavy atom. The third-order valence-corrected chi connectivity index (χ3v) is 4.34. The molecule has 1 N–H and O–H groups in total. The number of halogens is 4. The van der Waals surface area contributed by atoms with Gasteiger partial charge in [0.15, 0.2) is 5.71 Å². The summed E-state index contributed by atoms with van der Waals surface area (Å²) in [5, 5.41) is 9.70. The van der Waals surface area contributed by atoms with Crippen molar-refractivity contribution in [3.8, 4) is 0 Å². The molecule has 0 bridgehead atoms. The molecule has 2 amide bonds. The lowest BCUT2D eigenvalue weighted by Crippen LogP contribution is -2.37. The van der Waals surface area contributed by atoms with E-state index in [1.54, 1.807) is 31.2 Å². The minimum absolute atomic E-state index is 0.0897. The summed E-state index contributed by atoms with van der Waals surface area (Å²) in [6, 6.07) is 11.1. The van der Waals surface area contributed by atoms with Gasteiger partial charge in [0.25, 0.3) is 5.91 Å². The molecule has 2 aromatic rings. The van der Waals surface area contributed by atoms with Crippen molar-refractivity contribution in [3.63, 3.8) is 0 Å². The highest BCUT2D eigenvalue weighted by atomic mass is 35.5. The monoisotopic (exact) mass is 469 g/mol. The molecular formula is C21H19ClF3N3O4. The minimum atomic E-state index is -4.42. The number of rotatable bonds is 8. The molecule has 0 aliphatic heterocycles. The smallest absolute Gasteiger partial charge is 0.398 e. The number of nitrogens with zero attached hydrogens (tertiary/aromatic N) is 2. The maximum Gasteiger partial charge on any atom is 0.416 e. The Kier molecular flexibility index (Phi) is 8.77. The zero-order valence-corrected chi connectivity index (χ0v) is 17.8. The standard InChI is InChI=1S/C21H19ClF3N3O4/c1-13(14-7-9-16(10-8-14)21(23,24)25)27-32-12-15-5-3-4-6-17(15)19(28-31-2)20(30)26-18(29)11-22/h3-10H,11-12H2,1-2H3,(H,26,29,30)/b27-13+,28-19?. The topological polar surface area (TPSA) is 89.3 Å². The highest BCUT2D eigenvalue weighted by Crippen LogP contribution is 2.29. The van der Waals surface area contributed by atoms with Crippen LogP contribution < -0.4 is 5.32 Å². The van der Waals surface area contributed by atoms with Gasteiger partial charge in [-0.3, -0.25) is 14.9 Å². The number of nitrogens with one attached hydrogen (secondary N) is 1. The molecule has 2 rings (SSSR count). The number of carbonyl (C=O) groups excluding carboxylic acids is 2. The van der Waals surface area contributed by atoms with Gasteiger partial charge in [0.05, 0.1) is 11.3 Å². The third kappa shape index (κ3) is 6.81. The predicted molar refractivity (Wildman–Crippen MR) is 112 cm³/mol. The molecule has 0 aromatic heterocycles. The zero-order chi connectivity index (χ0) is 23.7. The van der Waals surface area contributed by atoms with Gasteiger partial charge < -0.3 is 9.68 Å². The van der Waals surface area contributed by atoms with Gasteiger partial charge in [-0.25, -0.2) is 0 Å². The summed E-state index contributed by atoms with van der Waals surface area (Å²) in [6.07, 6.45) is -4.42. The summed E-state index contributed by atoms with van der Waals surface area (Å²) in [5.41, 5.74) is 0.699. The SMILES string of the molecule is CON=C(C(=O)NC(=O)CCl)c1ccccc1CO/N=C(\C)c1ccc(C(F)(F)F)cc1. The van der Waals surface area contributed by atoms with Crippen LogP contribution in [0.25, 0.3) is 0 Å². The predicted octanol–water partition coefficient (Wildman–Crippen LogP) is 3.88. The fraction of sp³-hybridized carbons (Fsp3) is 0.238. The first-order chi connectivity index (χ1) is 15.2. The Morgan fingerprint density at radius 2 is 1.72 bits per heavy atom. The van der Waals surface area contributed by atoms with E-state index in [4.69, 9.17) is 21.3 Å². The van der Waals surface area contributed by atoms with Gasteiger partial charge in [-0.1, -0.05) is 46.7 Å². The molecule has 0 aliphatic carbocycles. The van der Waals surface area contributed by atoms with Crippen molar-refractivity contribution in [1.29, 1.82) is 0 Å². The van der Waals surface area contributed by atoms with E-state index in [0.29, 0.717) is 22.4 Å². The van der Waals surface area contributed by atoms with Gasteiger partial charge in [0.2, 0.25) is 5.91 Å². The van der Waals surface area contributed by atoms with E-state index in [-0.39, 0.29) is 12.3 Å². The average molecular weight is 470 g/mol. The summed E-state index contributed by atoms with van der Waals surface area (Å²) in [7, 11) is 1.24. The first-order valence-electron chi connectivity index (χ1n) is 9.11. The van der Waals surface area contributed by atoms with Crippen LogP contribution in [-0.2, 0) is 32.0 Å². The molecule has 7 nitrogen and oxygen atoms in total. The van der Waals surface area contributed by atoms with E-state index >= 15 is 0 Å². The average Bonchev–Trinajstić information content (AvgIpc) is 2.77. The fourth-order valence-electron chi connectivity index (χ4n) is 2.55. The molecule has 0 heterocycles. The number of hydrogen-bond donors (Lipinski definition) is 1. The minimum Gasteiger partial charge on any atom is -0.398 e. The second kappa shape index (κ2) is 11.3. The molecule has 0 aliphatic rings. The van der Waals surface area contributed by atoms with Gasteiger partial charge in [0.1, 0.15) is 19.6 Å². The van der Waals surface area contributed by atoms with Crippen molar-refractivity contribution in [2.45, 2.75) is 19.7 Å².